The molecule has 0 N–H and O–H groups in total. The summed E-state index contributed by atoms with van der Waals surface area (Å²) >= 11 is 0. The molecule has 3 aromatic carbocycles. The van der Waals surface area contributed by atoms with Crippen molar-refractivity contribution >= 4 is 11.7 Å². The number of carbonyl (C=O) groups is 1. The summed E-state index contributed by atoms with van der Waals surface area (Å²) < 4.78 is 0. The molecule has 164 valence electrons. The number of benzene rings is 3. The van der Waals surface area contributed by atoms with Crippen LogP contribution in [0.1, 0.15) is 15.9 Å². The molecule has 1 amide bonds. The minimum absolute atomic E-state index is 0.0788. The van der Waals surface area contributed by atoms with Gasteiger partial charge in [0, 0.05) is 37.3 Å². The lowest BCUT2D eigenvalue weighted by Crippen LogP contribution is -2.49. The van der Waals surface area contributed by atoms with Gasteiger partial charge in [0.1, 0.15) is 0 Å². The fourth-order valence-corrected chi connectivity index (χ4v) is 4.13. The summed E-state index contributed by atoms with van der Waals surface area (Å²) in [5, 5.41) is 8.86. The third kappa shape index (κ3) is 4.62. The van der Waals surface area contributed by atoms with E-state index in [-0.39, 0.29) is 5.91 Å². The molecular weight excluding hydrogens is 408 g/mol. The monoisotopic (exact) mass is 434 g/mol. The van der Waals surface area contributed by atoms with E-state index in [0.29, 0.717) is 13.1 Å². The molecule has 0 bridgehead atoms. The molecule has 5 nitrogen and oxygen atoms in total. The topological polar surface area (TPSA) is 49.3 Å². The summed E-state index contributed by atoms with van der Waals surface area (Å²) in [6.45, 7) is 4.89. The van der Waals surface area contributed by atoms with Gasteiger partial charge in [-0.25, -0.2) is 0 Å². The zero-order chi connectivity index (χ0) is 22.6. The number of rotatable bonds is 4. The van der Waals surface area contributed by atoms with Crippen molar-refractivity contribution in [3.8, 4) is 22.4 Å². The molecule has 0 radical (unpaired) electrons. The highest BCUT2D eigenvalue weighted by Crippen LogP contribution is 2.22. The van der Waals surface area contributed by atoms with E-state index in [1.165, 1.54) is 5.56 Å². The number of amides is 1. The van der Waals surface area contributed by atoms with Crippen LogP contribution in [0.5, 0.6) is 0 Å². The summed E-state index contributed by atoms with van der Waals surface area (Å²) in [5.41, 5.74) is 6.15. The van der Waals surface area contributed by atoms with Gasteiger partial charge < -0.3 is 9.80 Å². The van der Waals surface area contributed by atoms with Gasteiger partial charge in [-0.1, -0.05) is 72.3 Å². The first kappa shape index (κ1) is 20.9. The third-order valence-electron chi connectivity index (χ3n) is 6.13. The lowest BCUT2D eigenvalue weighted by molar-refractivity contribution is 0.0746. The Hall–Kier alpha value is -3.99. The standard InChI is InChI=1S/C28H26N4O/c1-21-7-9-24(10-8-21)26-15-16-27(30-29-26)31-17-19-32(20-18-31)28(33)25-13-11-23(12-14-25)22-5-3-2-4-6-22/h2-16H,17-20H2,1H3. The van der Waals surface area contributed by atoms with Gasteiger partial charge >= 0.3 is 0 Å². The highest BCUT2D eigenvalue weighted by atomic mass is 16.2. The van der Waals surface area contributed by atoms with E-state index in [1.807, 2.05) is 59.5 Å². The van der Waals surface area contributed by atoms with Gasteiger partial charge in [-0.2, -0.15) is 0 Å². The fraction of sp³-hybridized carbons (Fsp3) is 0.179. The van der Waals surface area contributed by atoms with Crippen molar-refractivity contribution in [2.24, 2.45) is 0 Å². The molecule has 5 rings (SSSR count). The second-order valence-electron chi connectivity index (χ2n) is 8.37. The lowest BCUT2D eigenvalue weighted by Gasteiger charge is -2.35. The Labute approximate surface area is 194 Å². The molecular formula is C28H26N4O. The van der Waals surface area contributed by atoms with Crippen LogP contribution in [0, 0.1) is 6.92 Å². The Bertz CT molecular complexity index is 1210. The van der Waals surface area contributed by atoms with Crippen LogP contribution in [-0.2, 0) is 0 Å². The first-order chi connectivity index (χ1) is 16.2. The van der Waals surface area contributed by atoms with Gasteiger partial charge in [0.2, 0.25) is 0 Å². The molecule has 0 saturated carbocycles. The van der Waals surface area contributed by atoms with Crippen LogP contribution < -0.4 is 4.90 Å². The van der Waals surface area contributed by atoms with E-state index >= 15 is 0 Å². The van der Waals surface area contributed by atoms with E-state index in [4.69, 9.17) is 0 Å². The van der Waals surface area contributed by atoms with Crippen LogP contribution in [0.25, 0.3) is 22.4 Å². The van der Waals surface area contributed by atoms with Crippen LogP contribution in [0.2, 0.25) is 0 Å². The normalized spacial score (nSPS) is 13.7. The number of aryl methyl sites for hydroxylation is 1. The van der Waals surface area contributed by atoms with E-state index in [1.54, 1.807) is 0 Å². The first-order valence-corrected chi connectivity index (χ1v) is 11.3. The van der Waals surface area contributed by atoms with Crippen molar-refractivity contribution in [3.63, 3.8) is 0 Å². The zero-order valence-corrected chi connectivity index (χ0v) is 18.7. The van der Waals surface area contributed by atoms with E-state index in [9.17, 15) is 4.79 Å². The first-order valence-electron chi connectivity index (χ1n) is 11.3. The Morgan fingerprint density at radius 1 is 0.667 bits per heavy atom. The SMILES string of the molecule is Cc1ccc(-c2ccc(N3CCN(C(=O)c4ccc(-c5ccccc5)cc4)CC3)nn2)cc1. The number of piperazine rings is 1. The average Bonchev–Trinajstić information content (AvgIpc) is 2.90. The summed E-state index contributed by atoms with van der Waals surface area (Å²) in [4.78, 5) is 17.1. The zero-order valence-electron chi connectivity index (χ0n) is 18.7. The van der Waals surface area contributed by atoms with Crippen molar-refractivity contribution in [2.75, 3.05) is 31.1 Å². The van der Waals surface area contributed by atoms with Crippen molar-refractivity contribution in [2.45, 2.75) is 6.92 Å². The molecule has 5 heteroatoms. The largest absolute Gasteiger partial charge is 0.352 e. The number of carbonyl (C=O) groups excluding carboxylic acids is 1. The van der Waals surface area contributed by atoms with Gasteiger partial charge in [-0.15, -0.1) is 10.2 Å². The molecule has 1 aliphatic heterocycles. The second-order valence-corrected chi connectivity index (χ2v) is 8.37. The molecule has 33 heavy (non-hydrogen) atoms. The van der Waals surface area contributed by atoms with Crippen molar-refractivity contribution in [1.82, 2.24) is 15.1 Å². The Kier molecular flexibility index (Phi) is 5.85. The number of nitrogens with zero attached hydrogens (tertiary/aromatic N) is 4. The van der Waals surface area contributed by atoms with Gasteiger partial charge in [0.15, 0.2) is 5.82 Å². The summed E-state index contributed by atoms with van der Waals surface area (Å²) in [6.07, 6.45) is 0. The Balaban J connectivity index is 1.20. The molecule has 1 saturated heterocycles. The maximum absolute atomic E-state index is 13.0. The highest BCUT2D eigenvalue weighted by molar-refractivity contribution is 5.95. The summed E-state index contributed by atoms with van der Waals surface area (Å²) in [5.74, 6) is 0.931. The van der Waals surface area contributed by atoms with Crippen LogP contribution >= 0.6 is 0 Å². The van der Waals surface area contributed by atoms with Crippen LogP contribution in [0.15, 0.2) is 91.0 Å². The van der Waals surface area contributed by atoms with Gasteiger partial charge in [-0.05, 0) is 42.3 Å². The van der Waals surface area contributed by atoms with Crippen LogP contribution in [0.4, 0.5) is 5.82 Å². The minimum Gasteiger partial charge on any atom is -0.352 e. The number of anilines is 1. The van der Waals surface area contributed by atoms with Gasteiger partial charge in [0.05, 0.1) is 5.69 Å². The third-order valence-corrected chi connectivity index (χ3v) is 6.13. The van der Waals surface area contributed by atoms with Crippen molar-refractivity contribution in [3.05, 3.63) is 102 Å². The number of hydrogen-bond donors (Lipinski definition) is 0. The van der Waals surface area contributed by atoms with Gasteiger partial charge in [-0.3, -0.25) is 4.79 Å². The van der Waals surface area contributed by atoms with E-state index in [2.05, 4.69) is 58.4 Å². The molecule has 2 heterocycles. The summed E-state index contributed by atoms with van der Waals surface area (Å²) in [7, 11) is 0. The Morgan fingerprint density at radius 2 is 1.30 bits per heavy atom. The van der Waals surface area contributed by atoms with Gasteiger partial charge in [0.25, 0.3) is 5.91 Å². The predicted octanol–water partition coefficient (Wildman–Crippen LogP) is 5.08. The molecule has 0 unspecified atom stereocenters. The molecule has 1 aliphatic rings. The number of hydrogen-bond acceptors (Lipinski definition) is 4. The molecule has 0 atom stereocenters. The molecule has 0 aliphatic carbocycles. The van der Waals surface area contributed by atoms with Crippen molar-refractivity contribution in [1.29, 1.82) is 0 Å². The fourth-order valence-electron chi connectivity index (χ4n) is 4.13. The summed E-state index contributed by atoms with van der Waals surface area (Å²) in [6, 6.07) is 30.4. The average molecular weight is 435 g/mol. The van der Waals surface area contributed by atoms with Crippen LogP contribution in [0.3, 0.4) is 0 Å². The smallest absolute Gasteiger partial charge is 0.253 e. The quantitative estimate of drug-likeness (QED) is 0.449. The minimum atomic E-state index is 0.0788. The van der Waals surface area contributed by atoms with Crippen LogP contribution in [-0.4, -0.2) is 47.2 Å². The maximum Gasteiger partial charge on any atom is 0.253 e. The molecule has 0 spiro atoms. The second kappa shape index (κ2) is 9.25. The highest BCUT2D eigenvalue weighted by Gasteiger charge is 2.23. The van der Waals surface area contributed by atoms with E-state index in [0.717, 1.165) is 46.9 Å². The molecule has 1 fully saturated rings. The van der Waals surface area contributed by atoms with E-state index < -0.39 is 0 Å². The predicted molar refractivity (Wildman–Crippen MR) is 132 cm³/mol. The van der Waals surface area contributed by atoms with Crippen molar-refractivity contribution < 1.29 is 4.79 Å². The Morgan fingerprint density at radius 3 is 1.94 bits per heavy atom. The molecule has 1 aromatic heterocycles. The number of aromatic nitrogens is 2. The maximum atomic E-state index is 13.0. The lowest BCUT2D eigenvalue weighted by atomic mass is 10.0. The molecule has 4 aromatic rings.